The van der Waals surface area contributed by atoms with Crippen molar-refractivity contribution in [3.05, 3.63) is 86.6 Å². The molecule has 0 atom stereocenters. The maximum atomic E-state index is 13.9. The number of hydrogen-bond acceptors (Lipinski definition) is 4. The zero-order chi connectivity index (χ0) is 26.3. The summed E-state index contributed by atoms with van der Waals surface area (Å²) in [4.78, 5) is 21.2. The number of carbonyl (C=O) groups excluding carboxylic acids is 1. The lowest BCUT2D eigenvalue weighted by Crippen LogP contribution is -2.48. The van der Waals surface area contributed by atoms with E-state index in [1.165, 1.54) is 6.07 Å². The number of fused-ring (bicyclic) bond motifs is 1. The second-order valence-corrected chi connectivity index (χ2v) is 9.92. The van der Waals surface area contributed by atoms with Crippen LogP contribution in [0.3, 0.4) is 0 Å². The number of amides is 1. The Balaban J connectivity index is 1.36. The van der Waals surface area contributed by atoms with Gasteiger partial charge in [0.05, 0.1) is 5.69 Å². The molecule has 3 heterocycles. The lowest BCUT2D eigenvalue weighted by atomic mass is 10.1. The number of alkyl halides is 3. The number of benzene rings is 2. The molecule has 1 saturated heterocycles. The summed E-state index contributed by atoms with van der Waals surface area (Å²) in [6, 6.07) is 13.8. The van der Waals surface area contributed by atoms with Crippen molar-refractivity contribution < 1.29 is 18.0 Å². The molecule has 1 fully saturated rings. The molecule has 6 nitrogen and oxygen atoms in total. The lowest BCUT2D eigenvalue weighted by Gasteiger charge is -2.34. The number of halogens is 6. The summed E-state index contributed by atoms with van der Waals surface area (Å²) < 4.78 is 42.3. The maximum Gasteiger partial charge on any atom is 0.433 e. The molecule has 0 N–H and O–H groups in total. The van der Waals surface area contributed by atoms with Gasteiger partial charge in [0.25, 0.3) is 5.91 Å². The van der Waals surface area contributed by atoms with Gasteiger partial charge in [-0.3, -0.25) is 9.69 Å². The molecule has 1 amide bonds. The largest absolute Gasteiger partial charge is 0.433 e. The van der Waals surface area contributed by atoms with E-state index in [1.54, 1.807) is 41.3 Å². The summed E-state index contributed by atoms with van der Waals surface area (Å²) in [5.41, 5.74) is 0.299. The molecule has 0 bridgehead atoms. The highest BCUT2D eigenvalue weighted by Gasteiger charge is 2.36. The fourth-order valence-electron chi connectivity index (χ4n) is 4.21. The highest BCUT2D eigenvalue weighted by atomic mass is 35.5. The van der Waals surface area contributed by atoms with E-state index in [9.17, 15) is 18.0 Å². The van der Waals surface area contributed by atoms with Gasteiger partial charge in [0, 0.05) is 59.4 Å². The van der Waals surface area contributed by atoms with E-state index in [1.807, 2.05) is 6.07 Å². The van der Waals surface area contributed by atoms with Gasteiger partial charge in [0.1, 0.15) is 0 Å². The van der Waals surface area contributed by atoms with Crippen LogP contribution in [0.15, 0.2) is 54.6 Å². The zero-order valence-corrected chi connectivity index (χ0v) is 21.4. The van der Waals surface area contributed by atoms with Gasteiger partial charge in [-0.25, -0.2) is 9.50 Å². The van der Waals surface area contributed by atoms with Crippen LogP contribution in [0.2, 0.25) is 15.1 Å². The maximum absolute atomic E-state index is 13.9. The van der Waals surface area contributed by atoms with Crippen LogP contribution < -0.4 is 0 Å². The standard InChI is InChI=1S/C25H19Cl3F3N5O/c26-17-4-1-15(2-5-17)20-12-22(25(29,30)31)36-23(32-20)13-21(33-36)24(37)35-9-7-34(8-10-35)14-16-3-6-18(27)11-19(16)28/h1-6,11-13H,7-10,14H2. The highest BCUT2D eigenvalue weighted by molar-refractivity contribution is 6.35. The van der Waals surface area contributed by atoms with Crippen molar-refractivity contribution in [1.82, 2.24) is 24.4 Å². The molecular weight excluding hydrogens is 550 g/mol. The van der Waals surface area contributed by atoms with Gasteiger partial charge in [-0.1, -0.05) is 53.0 Å². The summed E-state index contributed by atoms with van der Waals surface area (Å²) in [6.45, 7) is 2.54. The first-order chi connectivity index (χ1) is 17.6. The van der Waals surface area contributed by atoms with Crippen LogP contribution >= 0.6 is 34.8 Å². The van der Waals surface area contributed by atoms with E-state index in [2.05, 4.69) is 15.0 Å². The average molecular weight is 569 g/mol. The topological polar surface area (TPSA) is 53.7 Å². The third-order valence-corrected chi connectivity index (χ3v) is 6.98. The molecule has 0 saturated carbocycles. The molecule has 0 radical (unpaired) electrons. The Morgan fingerprint density at radius 2 is 1.57 bits per heavy atom. The van der Waals surface area contributed by atoms with Gasteiger partial charge in [0.2, 0.25) is 0 Å². The van der Waals surface area contributed by atoms with Crippen molar-refractivity contribution >= 4 is 46.4 Å². The summed E-state index contributed by atoms with van der Waals surface area (Å²) in [6.07, 6.45) is -4.71. The molecule has 2 aromatic heterocycles. The van der Waals surface area contributed by atoms with Crippen LogP contribution in [0, 0.1) is 0 Å². The second kappa shape index (κ2) is 10.1. The molecule has 2 aromatic carbocycles. The van der Waals surface area contributed by atoms with Crippen molar-refractivity contribution in [3.8, 4) is 11.3 Å². The minimum absolute atomic E-state index is 0.0702. The predicted octanol–water partition coefficient (Wildman–Crippen LogP) is 6.33. The Morgan fingerprint density at radius 3 is 2.22 bits per heavy atom. The third kappa shape index (κ3) is 5.55. The summed E-state index contributed by atoms with van der Waals surface area (Å²) in [5.74, 6) is -0.448. The van der Waals surface area contributed by atoms with E-state index in [-0.39, 0.29) is 17.0 Å². The normalized spacial score (nSPS) is 14.9. The van der Waals surface area contributed by atoms with Crippen molar-refractivity contribution in [1.29, 1.82) is 0 Å². The summed E-state index contributed by atoms with van der Waals surface area (Å²) >= 11 is 18.1. The number of carbonyl (C=O) groups is 1. The van der Waals surface area contributed by atoms with Crippen molar-refractivity contribution in [2.75, 3.05) is 26.2 Å². The van der Waals surface area contributed by atoms with Crippen molar-refractivity contribution in [2.45, 2.75) is 12.7 Å². The summed E-state index contributed by atoms with van der Waals surface area (Å²) in [7, 11) is 0. The van der Waals surface area contributed by atoms with E-state index >= 15 is 0 Å². The molecular formula is C25H19Cl3F3N5O. The van der Waals surface area contributed by atoms with Gasteiger partial charge >= 0.3 is 6.18 Å². The van der Waals surface area contributed by atoms with Crippen LogP contribution in [-0.4, -0.2) is 56.5 Å². The Labute approximate surface area is 225 Å². The average Bonchev–Trinajstić information content (AvgIpc) is 3.29. The van der Waals surface area contributed by atoms with Gasteiger partial charge in [-0.05, 0) is 35.9 Å². The minimum Gasteiger partial charge on any atom is -0.335 e. The predicted molar refractivity (Wildman–Crippen MR) is 136 cm³/mol. The minimum atomic E-state index is -4.71. The number of rotatable bonds is 4. The quantitative estimate of drug-likeness (QED) is 0.289. The van der Waals surface area contributed by atoms with Gasteiger partial charge in [-0.2, -0.15) is 18.3 Å². The molecule has 0 spiro atoms. The van der Waals surface area contributed by atoms with Crippen LogP contribution in [0.25, 0.3) is 16.9 Å². The van der Waals surface area contributed by atoms with E-state index < -0.39 is 17.8 Å². The molecule has 1 aliphatic rings. The summed E-state index contributed by atoms with van der Waals surface area (Å²) in [5, 5.41) is 5.57. The third-order valence-electron chi connectivity index (χ3n) is 6.15. The van der Waals surface area contributed by atoms with Crippen molar-refractivity contribution in [2.24, 2.45) is 0 Å². The molecule has 4 aromatic rings. The molecule has 12 heteroatoms. The number of aromatic nitrogens is 3. The molecule has 192 valence electrons. The monoisotopic (exact) mass is 567 g/mol. The first kappa shape index (κ1) is 25.8. The zero-order valence-electron chi connectivity index (χ0n) is 19.1. The first-order valence-corrected chi connectivity index (χ1v) is 12.4. The Hall–Kier alpha value is -2.85. The van der Waals surface area contributed by atoms with Crippen LogP contribution in [0.5, 0.6) is 0 Å². The number of hydrogen-bond donors (Lipinski definition) is 0. The fraction of sp³-hybridized carbons (Fsp3) is 0.240. The van der Waals surface area contributed by atoms with Gasteiger partial charge in [0.15, 0.2) is 17.0 Å². The smallest absolute Gasteiger partial charge is 0.335 e. The molecule has 37 heavy (non-hydrogen) atoms. The number of nitrogens with zero attached hydrogens (tertiary/aromatic N) is 5. The highest BCUT2D eigenvalue weighted by Crippen LogP contribution is 2.33. The SMILES string of the molecule is O=C(c1cc2nc(-c3ccc(Cl)cc3)cc(C(F)(F)F)n2n1)N1CCN(Cc2ccc(Cl)cc2Cl)CC1. The second-order valence-electron chi connectivity index (χ2n) is 8.63. The lowest BCUT2D eigenvalue weighted by molar-refractivity contribution is -0.142. The van der Waals surface area contributed by atoms with E-state index in [0.717, 1.165) is 11.6 Å². The molecule has 0 unspecified atom stereocenters. The Bertz CT molecular complexity index is 1470. The van der Waals surface area contributed by atoms with Gasteiger partial charge in [-0.15, -0.1) is 0 Å². The van der Waals surface area contributed by atoms with Crippen LogP contribution in [-0.2, 0) is 12.7 Å². The van der Waals surface area contributed by atoms with Gasteiger partial charge < -0.3 is 4.90 Å². The van der Waals surface area contributed by atoms with Crippen LogP contribution in [0.4, 0.5) is 13.2 Å². The Morgan fingerprint density at radius 1 is 0.892 bits per heavy atom. The van der Waals surface area contributed by atoms with E-state index in [0.29, 0.717) is 57.9 Å². The van der Waals surface area contributed by atoms with Crippen LogP contribution in [0.1, 0.15) is 21.7 Å². The first-order valence-electron chi connectivity index (χ1n) is 11.3. The number of piperazine rings is 1. The fourth-order valence-corrected chi connectivity index (χ4v) is 4.81. The molecule has 1 aliphatic heterocycles. The Kier molecular flexibility index (Phi) is 7.06. The molecule has 0 aliphatic carbocycles. The molecule has 5 rings (SSSR count). The van der Waals surface area contributed by atoms with Crippen molar-refractivity contribution in [3.63, 3.8) is 0 Å². The van der Waals surface area contributed by atoms with E-state index in [4.69, 9.17) is 34.8 Å².